The summed E-state index contributed by atoms with van der Waals surface area (Å²) in [5.41, 5.74) is 3.13. The molecule has 0 amide bonds. The Bertz CT molecular complexity index is 961. The zero-order valence-corrected chi connectivity index (χ0v) is 17.5. The number of phenols is 1. The van der Waals surface area contributed by atoms with E-state index in [-0.39, 0.29) is 11.7 Å². The molecule has 3 nitrogen and oxygen atoms in total. The van der Waals surface area contributed by atoms with Gasteiger partial charge in [0.1, 0.15) is 11.4 Å². The van der Waals surface area contributed by atoms with Crippen LogP contribution >= 0.6 is 0 Å². The lowest BCUT2D eigenvalue weighted by Gasteiger charge is -2.37. The van der Waals surface area contributed by atoms with Crippen molar-refractivity contribution in [1.29, 1.82) is 0 Å². The Labute approximate surface area is 173 Å². The van der Waals surface area contributed by atoms with Crippen LogP contribution in [0.1, 0.15) is 41.7 Å². The number of aliphatic imine (C=N–C) groups is 1. The molecule has 0 aliphatic heterocycles. The first-order valence-corrected chi connectivity index (χ1v) is 10.00. The Balaban J connectivity index is 2.18. The molecule has 0 aromatic heterocycles. The summed E-state index contributed by atoms with van der Waals surface area (Å²) in [5, 5.41) is 22.3. The van der Waals surface area contributed by atoms with E-state index in [1.54, 1.807) is 18.3 Å². The average Bonchev–Trinajstić information content (AvgIpc) is 2.69. The third-order valence-corrected chi connectivity index (χ3v) is 5.29. The van der Waals surface area contributed by atoms with Crippen molar-refractivity contribution in [3.63, 3.8) is 0 Å². The van der Waals surface area contributed by atoms with Crippen molar-refractivity contribution in [3.8, 4) is 5.75 Å². The number of para-hydroxylation sites is 1. The van der Waals surface area contributed by atoms with Crippen LogP contribution in [0.15, 0.2) is 77.8 Å². The minimum absolute atomic E-state index is 0.0585. The Morgan fingerprint density at radius 1 is 0.828 bits per heavy atom. The highest BCUT2D eigenvalue weighted by Gasteiger charge is 2.42. The number of aromatic hydroxyl groups is 1. The molecule has 3 heteroatoms. The molecular formula is C26H29NO2. The SMILES string of the molecule is Cc1cccc(C(O)(c2cccc(C)c2)C(N=Cc2ccccc2O)C(C)C)c1. The number of aryl methyl sites for hydroxylation is 2. The topological polar surface area (TPSA) is 52.8 Å². The molecule has 2 N–H and O–H groups in total. The van der Waals surface area contributed by atoms with E-state index in [1.165, 1.54) is 0 Å². The first-order chi connectivity index (χ1) is 13.8. The summed E-state index contributed by atoms with van der Waals surface area (Å²) in [6.45, 7) is 8.17. The van der Waals surface area contributed by atoms with Crippen molar-refractivity contribution in [2.75, 3.05) is 0 Å². The predicted molar refractivity (Wildman–Crippen MR) is 120 cm³/mol. The second-order valence-electron chi connectivity index (χ2n) is 8.03. The maximum atomic E-state index is 12.2. The summed E-state index contributed by atoms with van der Waals surface area (Å²) in [6, 6.07) is 22.6. The molecule has 3 aromatic rings. The van der Waals surface area contributed by atoms with E-state index in [1.807, 2.05) is 74.5 Å². The van der Waals surface area contributed by atoms with E-state index in [0.717, 1.165) is 22.3 Å². The van der Waals surface area contributed by atoms with Crippen LogP contribution in [0.2, 0.25) is 0 Å². The Kier molecular flexibility index (Phi) is 6.19. The quantitative estimate of drug-likeness (QED) is 0.557. The number of rotatable bonds is 6. The van der Waals surface area contributed by atoms with Gasteiger partial charge in [0.15, 0.2) is 0 Å². The maximum Gasteiger partial charge on any atom is 0.137 e. The second-order valence-corrected chi connectivity index (χ2v) is 8.03. The third kappa shape index (κ3) is 4.41. The number of hydrogen-bond acceptors (Lipinski definition) is 3. The van der Waals surface area contributed by atoms with E-state index >= 15 is 0 Å². The summed E-state index contributed by atoms with van der Waals surface area (Å²) in [7, 11) is 0. The smallest absolute Gasteiger partial charge is 0.137 e. The molecule has 0 radical (unpaired) electrons. The van der Waals surface area contributed by atoms with Crippen LogP contribution in [-0.2, 0) is 5.60 Å². The van der Waals surface area contributed by atoms with Crippen LogP contribution in [0.25, 0.3) is 0 Å². The number of benzene rings is 3. The number of nitrogens with zero attached hydrogens (tertiary/aromatic N) is 1. The molecule has 0 saturated heterocycles. The van der Waals surface area contributed by atoms with Gasteiger partial charge in [-0.1, -0.05) is 85.6 Å². The third-order valence-electron chi connectivity index (χ3n) is 5.29. The molecule has 3 aromatic carbocycles. The van der Waals surface area contributed by atoms with Crippen molar-refractivity contribution in [3.05, 3.63) is 101 Å². The van der Waals surface area contributed by atoms with Crippen LogP contribution in [-0.4, -0.2) is 22.5 Å². The van der Waals surface area contributed by atoms with Gasteiger partial charge in [-0.05, 0) is 43.0 Å². The fourth-order valence-electron chi connectivity index (χ4n) is 3.79. The lowest BCUT2D eigenvalue weighted by Crippen LogP contribution is -2.43. The second kappa shape index (κ2) is 8.62. The van der Waals surface area contributed by atoms with Gasteiger partial charge in [0.25, 0.3) is 0 Å². The van der Waals surface area contributed by atoms with Crippen LogP contribution < -0.4 is 0 Å². The Hall–Kier alpha value is -2.91. The normalized spacial score (nSPS) is 13.2. The monoisotopic (exact) mass is 387 g/mol. The van der Waals surface area contributed by atoms with Crippen molar-refractivity contribution < 1.29 is 10.2 Å². The summed E-state index contributed by atoms with van der Waals surface area (Å²) in [5.74, 6) is 0.233. The Morgan fingerprint density at radius 2 is 1.38 bits per heavy atom. The molecule has 3 rings (SSSR count). The minimum atomic E-state index is -1.30. The fraction of sp³-hybridized carbons (Fsp3) is 0.269. The summed E-state index contributed by atoms with van der Waals surface area (Å²) in [4.78, 5) is 4.80. The summed E-state index contributed by atoms with van der Waals surface area (Å²) in [6.07, 6.45) is 1.66. The maximum absolute atomic E-state index is 12.2. The fourth-order valence-corrected chi connectivity index (χ4v) is 3.79. The van der Waals surface area contributed by atoms with Gasteiger partial charge in [-0.3, -0.25) is 4.99 Å². The van der Waals surface area contributed by atoms with E-state index in [9.17, 15) is 10.2 Å². The molecule has 0 bridgehead atoms. The van der Waals surface area contributed by atoms with Gasteiger partial charge in [-0.2, -0.15) is 0 Å². The molecule has 150 valence electrons. The standard InChI is InChI=1S/C26H29NO2/c1-18(2)25(27-17-21-11-5-6-14-24(21)28)26(29,22-12-7-9-19(3)15-22)23-13-8-10-20(4)16-23/h5-18,25,28-29H,1-4H3. The first kappa shape index (κ1) is 20.8. The largest absolute Gasteiger partial charge is 0.507 e. The zero-order valence-electron chi connectivity index (χ0n) is 17.5. The average molecular weight is 388 g/mol. The van der Waals surface area contributed by atoms with Gasteiger partial charge >= 0.3 is 0 Å². The molecule has 0 heterocycles. The van der Waals surface area contributed by atoms with Gasteiger partial charge in [0.05, 0.1) is 6.04 Å². The highest BCUT2D eigenvalue weighted by molar-refractivity contribution is 5.83. The van der Waals surface area contributed by atoms with Gasteiger partial charge in [0, 0.05) is 11.8 Å². The minimum Gasteiger partial charge on any atom is -0.507 e. The van der Waals surface area contributed by atoms with E-state index in [2.05, 4.69) is 13.8 Å². The highest BCUT2D eigenvalue weighted by atomic mass is 16.3. The van der Waals surface area contributed by atoms with Gasteiger partial charge < -0.3 is 10.2 Å². The molecule has 1 unspecified atom stereocenters. The van der Waals surface area contributed by atoms with Crippen molar-refractivity contribution in [1.82, 2.24) is 0 Å². The van der Waals surface area contributed by atoms with E-state index < -0.39 is 11.6 Å². The van der Waals surface area contributed by atoms with Crippen LogP contribution in [0.5, 0.6) is 5.75 Å². The van der Waals surface area contributed by atoms with Crippen molar-refractivity contribution in [2.24, 2.45) is 10.9 Å². The van der Waals surface area contributed by atoms with Crippen LogP contribution in [0.4, 0.5) is 0 Å². The summed E-state index contributed by atoms with van der Waals surface area (Å²) < 4.78 is 0. The molecule has 0 fully saturated rings. The molecule has 0 spiro atoms. The highest BCUT2D eigenvalue weighted by Crippen LogP contribution is 2.38. The number of phenolic OH excluding ortho intramolecular Hbond substituents is 1. The number of aliphatic hydroxyl groups is 1. The van der Waals surface area contributed by atoms with Gasteiger partial charge in [-0.15, -0.1) is 0 Å². The van der Waals surface area contributed by atoms with Crippen LogP contribution in [0, 0.1) is 19.8 Å². The van der Waals surface area contributed by atoms with Crippen molar-refractivity contribution in [2.45, 2.75) is 39.3 Å². The molecule has 1 atom stereocenters. The molecule has 0 saturated carbocycles. The first-order valence-electron chi connectivity index (χ1n) is 10.00. The zero-order chi connectivity index (χ0) is 21.0. The molecule has 29 heavy (non-hydrogen) atoms. The van der Waals surface area contributed by atoms with Gasteiger partial charge in [0.2, 0.25) is 0 Å². The molecule has 0 aliphatic rings. The molecule has 0 aliphatic carbocycles. The summed E-state index contributed by atoms with van der Waals surface area (Å²) >= 11 is 0. The van der Waals surface area contributed by atoms with E-state index in [4.69, 9.17) is 4.99 Å². The van der Waals surface area contributed by atoms with Gasteiger partial charge in [-0.25, -0.2) is 0 Å². The number of hydrogen-bond donors (Lipinski definition) is 2. The lowest BCUT2D eigenvalue weighted by atomic mass is 9.75. The van der Waals surface area contributed by atoms with E-state index in [0.29, 0.717) is 5.56 Å². The van der Waals surface area contributed by atoms with Crippen molar-refractivity contribution >= 4 is 6.21 Å². The van der Waals surface area contributed by atoms with Crippen LogP contribution in [0.3, 0.4) is 0 Å². The molecular weight excluding hydrogens is 358 g/mol. The Morgan fingerprint density at radius 3 is 1.86 bits per heavy atom. The predicted octanol–water partition coefficient (Wildman–Crippen LogP) is 5.39. The lowest BCUT2D eigenvalue weighted by molar-refractivity contribution is 0.0365.